The van der Waals surface area contributed by atoms with Crippen molar-refractivity contribution in [1.29, 1.82) is 0 Å². The second kappa shape index (κ2) is 5.64. The molecule has 1 saturated carbocycles. The number of nitrogens with zero attached hydrogens (tertiary/aromatic N) is 1. The van der Waals surface area contributed by atoms with E-state index in [2.05, 4.69) is 32.8 Å². The van der Waals surface area contributed by atoms with Crippen LogP contribution in [0.3, 0.4) is 0 Å². The van der Waals surface area contributed by atoms with Crippen LogP contribution >= 0.6 is 0 Å². The van der Waals surface area contributed by atoms with Crippen LogP contribution in [0, 0.1) is 5.92 Å². The fourth-order valence-electron chi connectivity index (χ4n) is 2.41. The summed E-state index contributed by atoms with van der Waals surface area (Å²) in [6.45, 7) is 8.69. The highest BCUT2D eigenvalue weighted by Gasteiger charge is 2.37. The predicted molar refractivity (Wildman–Crippen MR) is 61.1 cm³/mol. The van der Waals surface area contributed by atoms with Gasteiger partial charge in [0.25, 0.3) is 0 Å². The minimum Gasteiger partial charge on any atom is -0.304 e. The zero-order valence-corrected chi connectivity index (χ0v) is 10.4. The van der Waals surface area contributed by atoms with E-state index in [1.54, 1.807) is 0 Å². The highest BCUT2D eigenvalue weighted by Crippen LogP contribution is 2.39. The van der Waals surface area contributed by atoms with E-state index in [0.29, 0.717) is 5.54 Å². The first-order valence-corrected chi connectivity index (χ1v) is 5.78. The lowest BCUT2D eigenvalue weighted by molar-refractivity contribution is 0.147. The van der Waals surface area contributed by atoms with Crippen LogP contribution in [0.2, 0.25) is 0 Å². The summed E-state index contributed by atoms with van der Waals surface area (Å²) in [5.41, 5.74) is 0.541. The molecule has 1 nitrogen and oxygen atoms in total. The Hall–Kier alpha value is -0.0400. The van der Waals surface area contributed by atoms with E-state index in [1.165, 1.54) is 25.7 Å². The van der Waals surface area contributed by atoms with Crippen molar-refractivity contribution in [1.82, 2.24) is 4.90 Å². The van der Waals surface area contributed by atoms with Crippen molar-refractivity contribution < 1.29 is 0 Å². The molecule has 0 heterocycles. The molecule has 0 aromatic rings. The van der Waals surface area contributed by atoms with Crippen molar-refractivity contribution in [3.05, 3.63) is 0 Å². The molecule has 1 aliphatic carbocycles. The van der Waals surface area contributed by atoms with Gasteiger partial charge in [-0.3, -0.25) is 0 Å². The maximum atomic E-state index is 2.43. The van der Waals surface area contributed by atoms with Crippen LogP contribution in [0.15, 0.2) is 0 Å². The molecule has 0 amide bonds. The third-order valence-corrected chi connectivity index (χ3v) is 3.44. The summed E-state index contributed by atoms with van der Waals surface area (Å²) in [6, 6.07) is 0. The Bertz CT molecular complexity index is 131. The molecule has 0 spiro atoms. The van der Waals surface area contributed by atoms with Crippen LogP contribution in [0.1, 0.15) is 53.4 Å². The molecule has 1 rings (SSSR count). The zero-order valence-electron chi connectivity index (χ0n) is 10.4. The topological polar surface area (TPSA) is 3.24 Å². The standard InChI is InChI=1S/C10H21N.C2H6/c1-5-10(11(3)4)7-6-9(2)8-10;1-2/h9H,5-8H2,1-4H3;1-2H3/t9?,10-;/m1./s1. The summed E-state index contributed by atoms with van der Waals surface area (Å²) in [4.78, 5) is 2.43. The minimum atomic E-state index is 0.541. The predicted octanol–water partition coefficient (Wildman–Crippen LogP) is 3.54. The Kier molecular flexibility index (Phi) is 5.62. The lowest BCUT2D eigenvalue weighted by Gasteiger charge is -2.35. The second-order valence-corrected chi connectivity index (χ2v) is 4.32. The second-order valence-electron chi connectivity index (χ2n) is 4.32. The van der Waals surface area contributed by atoms with Gasteiger partial charge in [0.05, 0.1) is 0 Å². The van der Waals surface area contributed by atoms with Gasteiger partial charge in [-0.2, -0.15) is 0 Å². The average Bonchev–Trinajstić information content (AvgIpc) is 2.52. The highest BCUT2D eigenvalue weighted by atomic mass is 15.1. The summed E-state index contributed by atoms with van der Waals surface area (Å²) in [5.74, 6) is 0.942. The van der Waals surface area contributed by atoms with Crippen molar-refractivity contribution in [2.75, 3.05) is 14.1 Å². The van der Waals surface area contributed by atoms with Gasteiger partial charge in [0.15, 0.2) is 0 Å². The van der Waals surface area contributed by atoms with Gasteiger partial charge in [-0.15, -0.1) is 0 Å². The molecule has 1 aliphatic rings. The molecule has 1 fully saturated rings. The van der Waals surface area contributed by atoms with Crippen LogP contribution in [-0.4, -0.2) is 24.5 Å². The molecule has 0 bridgehead atoms. The molecule has 80 valence electrons. The maximum Gasteiger partial charge on any atom is 0.0203 e. The molecule has 0 radical (unpaired) electrons. The highest BCUT2D eigenvalue weighted by molar-refractivity contribution is 4.93. The smallest absolute Gasteiger partial charge is 0.0203 e. The van der Waals surface area contributed by atoms with Crippen LogP contribution in [0.5, 0.6) is 0 Å². The van der Waals surface area contributed by atoms with Crippen molar-refractivity contribution in [3.8, 4) is 0 Å². The summed E-state index contributed by atoms with van der Waals surface area (Å²) >= 11 is 0. The van der Waals surface area contributed by atoms with Crippen LogP contribution in [0.25, 0.3) is 0 Å². The van der Waals surface area contributed by atoms with E-state index in [-0.39, 0.29) is 0 Å². The maximum absolute atomic E-state index is 2.43. The third-order valence-electron chi connectivity index (χ3n) is 3.44. The van der Waals surface area contributed by atoms with Gasteiger partial charge in [-0.05, 0) is 45.7 Å². The average molecular weight is 185 g/mol. The molecule has 0 saturated heterocycles. The van der Waals surface area contributed by atoms with Gasteiger partial charge in [0.1, 0.15) is 0 Å². The lowest BCUT2D eigenvalue weighted by atomic mass is 9.92. The Morgan fingerprint density at radius 2 is 1.85 bits per heavy atom. The molecule has 0 aromatic carbocycles. The van der Waals surface area contributed by atoms with Gasteiger partial charge in [0, 0.05) is 5.54 Å². The molecule has 1 unspecified atom stereocenters. The van der Waals surface area contributed by atoms with Gasteiger partial charge in [0.2, 0.25) is 0 Å². The van der Waals surface area contributed by atoms with Crippen molar-refractivity contribution in [2.45, 2.75) is 58.9 Å². The number of rotatable bonds is 2. The Balaban J connectivity index is 0.000000671. The number of hydrogen-bond acceptors (Lipinski definition) is 1. The van der Waals surface area contributed by atoms with Crippen LogP contribution < -0.4 is 0 Å². The molecule has 0 aliphatic heterocycles. The van der Waals surface area contributed by atoms with E-state index in [4.69, 9.17) is 0 Å². The van der Waals surface area contributed by atoms with Crippen molar-refractivity contribution >= 4 is 0 Å². The first-order chi connectivity index (χ1) is 6.10. The molecular weight excluding hydrogens is 158 g/mol. The van der Waals surface area contributed by atoms with Crippen LogP contribution in [-0.2, 0) is 0 Å². The largest absolute Gasteiger partial charge is 0.304 e. The van der Waals surface area contributed by atoms with Gasteiger partial charge >= 0.3 is 0 Å². The third kappa shape index (κ3) is 2.98. The van der Waals surface area contributed by atoms with Crippen molar-refractivity contribution in [2.24, 2.45) is 5.92 Å². The quantitative estimate of drug-likeness (QED) is 0.636. The normalized spacial score (nSPS) is 33.0. The summed E-state index contributed by atoms with van der Waals surface area (Å²) in [6.07, 6.45) is 5.53. The Labute approximate surface area is 84.5 Å². The SMILES string of the molecule is CC.CC[C@@]1(N(C)C)CCC(C)C1. The first-order valence-electron chi connectivity index (χ1n) is 5.78. The zero-order chi connectivity index (χ0) is 10.5. The summed E-state index contributed by atoms with van der Waals surface area (Å²) in [7, 11) is 4.45. The van der Waals surface area contributed by atoms with E-state index in [9.17, 15) is 0 Å². The number of hydrogen-bond donors (Lipinski definition) is 0. The Morgan fingerprint density at radius 1 is 1.31 bits per heavy atom. The van der Waals surface area contributed by atoms with E-state index >= 15 is 0 Å². The molecular formula is C12H27N. The van der Waals surface area contributed by atoms with E-state index < -0.39 is 0 Å². The molecule has 0 N–H and O–H groups in total. The monoisotopic (exact) mass is 185 g/mol. The van der Waals surface area contributed by atoms with E-state index in [1.807, 2.05) is 13.8 Å². The lowest BCUT2D eigenvalue weighted by Crippen LogP contribution is -2.41. The van der Waals surface area contributed by atoms with Gasteiger partial charge < -0.3 is 4.90 Å². The molecule has 13 heavy (non-hydrogen) atoms. The molecule has 1 heteroatoms. The van der Waals surface area contributed by atoms with E-state index in [0.717, 1.165) is 5.92 Å². The van der Waals surface area contributed by atoms with Gasteiger partial charge in [-0.1, -0.05) is 27.7 Å². The Morgan fingerprint density at radius 3 is 2.00 bits per heavy atom. The van der Waals surface area contributed by atoms with Gasteiger partial charge in [-0.25, -0.2) is 0 Å². The summed E-state index contributed by atoms with van der Waals surface area (Å²) in [5, 5.41) is 0. The fraction of sp³-hybridized carbons (Fsp3) is 1.00. The molecule has 0 aromatic heterocycles. The van der Waals surface area contributed by atoms with Crippen LogP contribution in [0.4, 0.5) is 0 Å². The summed E-state index contributed by atoms with van der Waals surface area (Å²) < 4.78 is 0. The minimum absolute atomic E-state index is 0.541. The fourth-order valence-corrected chi connectivity index (χ4v) is 2.41. The van der Waals surface area contributed by atoms with Crippen molar-refractivity contribution in [3.63, 3.8) is 0 Å². The first kappa shape index (κ1) is 13.0. The molecule has 2 atom stereocenters.